The maximum atomic E-state index is 12.8. The molecule has 3 amide bonds. The van der Waals surface area contributed by atoms with Crippen LogP contribution in [0.25, 0.3) is 0 Å². The molecule has 7 N–H and O–H groups in total. The van der Waals surface area contributed by atoms with Gasteiger partial charge >= 0.3 is 11.9 Å². The van der Waals surface area contributed by atoms with Crippen molar-refractivity contribution in [3.63, 3.8) is 0 Å². The summed E-state index contributed by atoms with van der Waals surface area (Å²) >= 11 is 0. The summed E-state index contributed by atoms with van der Waals surface area (Å²) in [5.41, 5.74) is 0.542. The van der Waals surface area contributed by atoms with E-state index in [2.05, 4.69) is 25.9 Å². The lowest BCUT2D eigenvalue weighted by molar-refractivity contribution is -0.141. The molecule has 2 rings (SSSR count). The average Bonchev–Trinajstić information content (AvgIpc) is 3.38. The van der Waals surface area contributed by atoms with Gasteiger partial charge in [-0.05, 0) is 19.4 Å². The van der Waals surface area contributed by atoms with Gasteiger partial charge in [-0.3, -0.25) is 24.0 Å². The molecular formula is C17H24N6O7. The summed E-state index contributed by atoms with van der Waals surface area (Å²) in [6.45, 7) is -0.0492. The van der Waals surface area contributed by atoms with Crippen LogP contribution in [-0.2, 0) is 30.4 Å². The first kappa shape index (κ1) is 22.8. The van der Waals surface area contributed by atoms with Crippen LogP contribution in [0.1, 0.15) is 25.0 Å². The molecule has 1 aromatic rings. The number of carbonyl (C=O) groups is 5. The van der Waals surface area contributed by atoms with Crippen LogP contribution in [0.3, 0.4) is 0 Å². The highest BCUT2D eigenvalue weighted by atomic mass is 16.4. The monoisotopic (exact) mass is 424 g/mol. The molecule has 3 unspecified atom stereocenters. The number of nitrogens with one attached hydrogen (secondary N) is 5. The van der Waals surface area contributed by atoms with E-state index in [1.807, 2.05) is 5.32 Å². The smallest absolute Gasteiger partial charge is 0.322 e. The van der Waals surface area contributed by atoms with Gasteiger partial charge in [0, 0.05) is 18.3 Å². The van der Waals surface area contributed by atoms with Crippen molar-refractivity contribution in [1.82, 2.24) is 31.2 Å². The first-order valence-electron chi connectivity index (χ1n) is 9.29. The molecule has 0 aromatic carbocycles. The fourth-order valence-corrected chi connectivity index (χ4v) is 2.95. The molecule has 0 saturated carbocycles. The maximum absolute atomic E-state index is 12.8. The molecule has 1 fully saturated rings. The van der Waals surface area contributed by atoms with Crippen molar-refractivity contribution in [2.75, 3.05) is 13.1 Å². The summed E-state index contributed by atoms with van der Waals surface area (Å²) in [4.78, 5) is 65.7. The van der Waals surface area contributed by atoms with Crippen LogP contribution in [0.2, 0.25) is 0 Å². The Morgan fingerprint density at radius 2 is 1.87 bits per heavy atom. The number of amides is 3. The Morgan fingerprint density at radius 1 is 1.10 bits per heavy atom. The highest BCUT2D eigenvalue weighted by molar-refractivity contribution is 5.95. The summed E-state index contributed by atoms with van der Waals surface area (Å²) in [5, 5.41) is 27.6. The van der Waals surface area contributed by atoms with E-state index in [0.717, 1.165) is 6.42 Å². The number of aromatic nitrogens is 2. The van der Waals surface area contributed by atoms with Gasteiger partial charge < -0.3 is 36.5 Å². The molecule has 1 aliphatic heterocycles. The van der Waals surface area contributed by atoms with Crippen molar-refractivity contribution in [2.45, 2.75) is 43.8 Å². The SMILES string of the molecule is O=C(O)CNC(=O)C(CC(=O)O)NC(=O)C(Cc1cnc[nH]1)NC(=O)C1CCCN1. The minimum absolute atomic E-state index is 0.0286. The molecule has 1 saturated heterocycles. The van der Waals surface area contributed by atoms with Gasteiger partial charge in [0.15, 0.2) is 0 Å². The predicted octanol–water partition coefficient (Wildman–Crippen LogP) is -2.65. The molecule has 0 bridgehead atoms. The van der Waals surface area contributed by atoms with E-state index in [1.165, 1.54) is 12.5 Å². The Kier molecular flexibility index (Phi) is 8.29. The lowest BCUT2D eigenvalue weighted by atomic mass is 10.1. The van der Waals surface area contributed by atoms with E-state index >= 15 is 0 Å². The molecule has 13 nitrogen and oxygen atoms in total. The summed E-state index contributed by atoms with van der Waals surface area (Å²) in [7, 11) is 0. The molecule has 0 spiro atoms. The van der Waals surface area contributed by atoms with Crippen molar-refractivity contribution in [3.05, 3.63) is 18.2 Å². The Balaban J connectivity index is 2.09. The molecule has 3 atom stereocenters. The standard InChI is InChI=1S/C17H24N6O7/c24-13(25)5-12(15(28)20-7-14(26)27)23-17(30)11(4-9-6-18-8-21-9)22-16(29)10-2-1-3-19-10/h6,8,10-12,19H,1-5,7H2,(H,18,21)(H,20,28)(H,22,29)(H,23,30)(H,24,25)(H,26,27). The number of hydrogen-bond acceptors (Lipinski definition) is 7. The van der Waals surface area contributed by atoms with Crippen molar-refractivity contribution in [2.24, 2.45) is 0 Å². The topological polar surface area (TPSA) is 203 Å². The molecule has 2 heterocycles. The van der Waals surface area contributed by atoms with Crippen LogP contribution in [-0.4, -0.2) is 81.1 Å². The molecule has 0 radical (unpaired) electrons. The first-order chi connectivity index (χ1) is 14.3. The lowest BCUT2D eigenvalue weighted by Gasteiger charge is -2.23. The highest BCUT2D eigenvalue weighted by Gasteiger charge is 2.31. The second-order valence-electron chi connectivity index (χ2n) is 6.76. The van der Waals surface area contributed by atoms with Gasteiger partial charge in [0.05, 0.1) is 18.8 Å². The van der Waals surface area contributed by atoms with Crippen molar-refractivity contribution in [3.8, 4) is 0 Å². The zero-order chi connectivity index (χ0) is 22.1. The largest absolute Gasteiger partial charge is 0.481 e. The first-order valence-corrected chi connectivity index (χ1v) is 9.29. The molecule has 0 aliphatic carbocycles. The highest BCUT2D eigenvalue weighted by Crippen LogP contribution is 2.07. The van der Waals surface area contributed by atoms with Gasteiger partial charge in [-0.1, -0.05) is 0 Å². The normalized spacial score (nSPS) is 17.5. The van der Waals surface area contributed by atoms with Gasteiger partial charge in [-0.15, -0.1) is 0 Å². The van der Waals surface area contributed by atoms with Crippen LogP contribution < -0.4 is 21.3 Å². The zero-order valence-corrected chi connectivity index (χ0v) is 16.0. The van der Waals surface area contributed by atoms with E-state index in [0.29, 0.717) is 18.7 Å². The second-order valence-corrected chi connectivity index (χ2v) is 6.76. The number of aromatic amines is 1. The number of hydrogen-bond donors (Lipinski definition) is 7. The Bertz CT molecular complexity index is 776. The average molecular weight is 424 g/mol. The summed E-state index contributed by atoms with van der Waals surface area (Å²) in [6, 6.07) is -3.07. The molecular weight excluding hydrogens is 400 g/mol. The van der Waals surface area contributed by atoms with Gasteiger partial charge in [-0.2, -0.15) is 0 Å². The van der Waals surface area contributed by atoms with E-state index < -0.39 is 60.8 Å². The third-order valence-corrected chi connectivity index (χ3v) is 4.41. The molecule has 1 aromatic heterocycles. The number of carboxylic acid groups (broad SMARTS) is 2. The molecule has 1 aliphatic rings. The lowest BCUT2D eigenvalue weighted by Crippen LogP contribution is -2.57. The minimum Gasteiger partial charge on any atom is -0.481 e. The summed E-state index contributed by atoms with van der Waals surface area (Å²) < 4.78 is 0. The van der Waals surface area contributed by atoms with Crippen LogP contribution in [0.5, 0.6) is 0 Å². The third-order valence-electron chi connectivity index (χ3n) is 4.41. The maximum Gasteiger partial charge on any atom is 0.322 e. The van der Waals surface area contributed by atoms with Crippen molar-refractivity contribution >= 4 is 29.7 Å². The third kappa shape index (κ3) is 7.16. The van der Waals surface area contributed by atoms with Crippen molar-refractivity contribution < 1.29 is 34.2 Å². The molecule has 30 heavy (non-hydrogen) atoms. The number of H-pyrrole nitrogens is 1. The zero-order valence-electron chi connectivity index (χ0n) is 16.0. The summed E-state index contributed by atoms with van der Waals surface area (Å²) in [6.07, 6.45) is 3.57. The number of aliphatic carboxylic acids is 2. The van der Waals surface area contributed by atoms with Gasteiger partial charge in [0.25, 0.3) is 0 Å². The molecule has 13 heteroatoms. The Labute approximate surface area is 171 Å². The number of carboxylic acids is 2. The van der Waals surface area contributed by atoms with Gasteiger partial charge in [0.2, 0.25) is 17.7 Å². The van der Waals surface area contributed by atoms with Crippen LogP contribution in [0.4, 0.5) is 0 Å². The second kappa shape index (κ2) is 10.9. The Morgan fingerprint density at radius 3 is 2.43 bits per heavy atom. The summed E-state index contributed by atoms with van der Waals surface area (Å²) in [5.74, 6) is -4.82. The van der Waals surface area contributed by atoms with E-state index in [9.17, 15) is 24.0 Å². The van der Waals surface area contributed by atoms with Crippen molar-refractivity contribution in [1.29, 1.82) is 0 Å². The quantitative estimate of drug-likeness (QED) is 0.198. The van der Waals surface area contributed by atoms with E-state index in [4.69, 9.17) is 10.2 Å². The van der Waals surface area contributed by atoms with Gasteiger partial charge in [-0.25, -0.2) is 4.98 Å². The fraction of sp³-hybridized carbons (Fsp3) is 0.529. The number of nitrogens with zero attached hydrogens (tertiary/aromatic N) is 1. The minimum atomic E-state index is -1.51. The molecule has 164 valence electrons. The van der Waals surface area contributed by atoms with Crippen LogP contribution in [0, 0.1) is 0 Å². The van der Waals surface area contributed by atoms with E-state index in [1.54, 1.807) is 0 Å². The van der Waals surface area contributed by atoms with Crippen LogP contribution >= 0.6 is 0 Å². The number of rotatable bonds is 11. The van der Waals surface area contributed by atoms with Crippen LogP contribution in [0.15, 0.2) is 12.5 Å². The Hall–Kier alpha value is -3.48. The number of imidazole rings is 1. The fourth-order valence-electron chi connectivity index (χ4n) is 2.95. The van der Waals surface area contributed by atoms with E-state index in [-0.39, 0.29) is 6.42 Å². The number of carbonyl (C=O) groups excluding carboxylic acids is 3. The van der Waals surface area contributed by atoms with Gasteiger partial charge in [0.1, 0.15) is 18.6 Å². The predicted molar refractivity (Wildman–Crippen MR) is 100 cm³/mol.